The fraction of sp³-hybridized carbons (Fsp3) is 0.650. The Labute approximate surface area is 163 Å². The first kappa shape index (κ1) is 20.3. The molecule has 0 saturated carbocycles. The first-order chi connectivity index (χ1) is 12.9. The summed E-state index contributed by atoms with van der Waals surface area (Å²) in [5.41, 5.74) is 1.13. The number of hydrogen-bond acceptors (Lipinski definition) is 4. The van der Waals surface area contributed by atoms with E-state index in [0.29, 0.717) is 36.7 Å². The highest BCUT2D eigenvalue weighted by Crippen LogP contribution is 2.26. The summed E-state index contributed by atoms with van der Waals surface area (Å²) in [6.07, 6.45) is 2.18. The first-order valence-corrected chi connectivity index (χ1v) is 11.4. The van der Waals surface area contributed by atoms with Gasteiger partial charge < -0.3 is 10.2 Å². The molecule has 0 atom stereocenters. The van der Waals surface area contributed by atoms with Crippen LogP contribution in [0.1, 0.15) is 44.6 Å². The van der Waals surface area contributed by atoms with Crippen molar-refractivity contribution in [1.29, 1.82) is 0 Å². The lowest BCUT2D eigenvalue weighted by molar-refractivity contribution is -0.136. The van der Waals surface area contributed by atoms with Gasteiger partial charge in [0.15, 0.2) is 0 Å². The summed E-state index contributed by atoms with van der Waals surface area (Å²) < 4.78 is 27.4. The van der Waals surface area contributed by atoms with Crippen molar-refractivity contribution in [2.75, 3.05) is 39.3 Å². The minimum atomic E-state index is -3.49. The predicted molar refractivity (Wildman–Crippen MR) is 106 cm³/mol. The molecule has 27 heavy (non-hydrogen) atoms. The van der Waals surface area contributed by atoms with Crippen molar-refractivity contribution in [2.24, 2.45) is 5.92 Å². The smallest absolute Gasteiger partial charge is 0.243 e. The third-order valence-corrected chi connectivity index (χ3v) is 7.55. The molecule has 0 spiro atoms. The molecule has 7 heteroatoms. The second-order valence-electron chi connectivity index (χ2n) is 7.83. The van der Waals surface area contributed by atoms with Crippen LogP contribution in [0.5, 0.6) is 0 Å². The molecule has 1 amide bonds. The molecule has 0 aromatic heterocycles. The molecule has 2 heterocycles. The Kier molecular flexibility index (Phi) is 6.55. The van der Waals surface area contributed by atoms with Crippen LogP contribution in [0.15, 0.2) is 29.2 Å². The summed E-state index contributed by atoms with van der Waals surface area (Å²) in [7, 11) is -3.49. The molecule has 2 saturated heterocycles. The van der Waals surface area contributed by atoms with E-state index in [9.17, 15) is 13.2 Å². The van der Waals surface area contributed by atoms with E-state index in [-0.39, 0.29) is 11.8 Å². The van der Waals surface area contributed by atoms with Crippen molar-refractivity contribution < 1.29 is 13.2 Å². The molecule has 1 N–H and O–H groups in total. The van der Waals surface area contributed by atoms with Gasteiger partial charge in [0.05, 0.1) is 4.90 Å². The molecule has 150 valence electrons. The van der Waals surface area contributed by atoms with Crippen LogP contribution in [0.2, 0.25) is 0 Å². The van der Waals surface area contributed by atoms with Gasteiger partial charge in [0.25, 0.3) is 0 Å². The summed E-state index contributed by atoms with van der Waals surface area (Å²) in [5.74, 6) is 0.507. The van der Waals surface area contributed by atoms with E-state index in [2.05, 4.69) is 19.2 Å². The number of carbonyl (C=O) groups is 1. The van der Waals surface area contributed by atoms with Crippen molar-refractivity contribution in [3.8, 4) is 0 Å². The molecule has 2 fully saturated rings. The molecule has 1 aromatic rings. The highest BCUT2D eigenvalue weighted by Gasteiger charge is 2.33. The summed E-state index contributed by atoms with van der Waals surface area (Å²) >= 11 is 0. The maximum absolute atomic E-state index is 12.9. The Morgan fingerprint density at radius 3 is 2.33 bits per heavy atom. The number of benzene rings is 1. The molecule has 0 aliphatic carbocycles. The van der Waals surface area contributed by atoms with E-state index in [1.165, 1.54) is 4.31 Å². The van der Waals surface area contributed by atoms with Crippen molar-refractivity contribution in [3.63, 3.8) is 0 Å². The van der Waals surface area contributed by atoms with Gasteiger partial charge in [-0.05, 0) is 49.4 Å². The zero-order valence-electron chi connectivity index (χ0n) is 16.4. The SMILES string of the molecule is CC(C)c1ccc(S(=O)(=O)N2CCC(C(=O)N3CCCNCC3)CC2)cc1. The Balaban J connectivity index is 1.61. The number of amides is 1. The monoisotopic (exact) mass is 393 g/mol. The zero-order chi connectivity index (χ0) is 19.4. The van der Waals surface area contributed by atoms with Crippen LogP contribution in [-0.2, 0) is 14.8 Å². The van der Waals surface area contributed by atoms with Gasteiger partial charge in [0.1, 0.15) is 0 Å². The first-order valence-electron chi connectivity index (χ1n) is 9.99. The number of hydrogen-bond donors (Lipinski definition) is 1. The van der Waals surface area contributed by atoms with Crippen LogP contribution in [0.4, 0.5) is 0 Å². The molecule has 6 nitrogen and oxygen atoms in total. The van der Waals surface area contributed by atoms with Gasteiger partial charge in [-0.1, -0.05) is 26.0 Å². The van der Waals surface area contributed by atoms with Crippen molar-refractivity contribution in [2.45, 2.75) is 43.9 Å². The molecule has 0 bridgehead atoms. The molecular weight excluding hydrogens is 362 g/mol. The number of sulfonamides is 1. The van der Waals surface area contributed by atoms with Crippen molar-refractivity contribution in [1.82, 2.24) is 14.5 Å². The Morgan fingerprint density at radius 2 is 1.70 bits per heavy atom. The number of nitrogens with one attached hydrogen (secondary N) is 1. The Morgan fingerprint density at radius 1 is 1.04 bits per heavy atom. The fourth-order valence-electron chi connectivity index (χ4n) is 3.84. The fourth-order valence-corrected chi connectivity index (χ4v) is 5.31. The van der Waals surface area contributed by atoms with Crippen LogP contribution < -0.4 is 5.32 Å². The lowest BCUT2D eigenvalue weighted by atomic mass is 9.96. The molecular formula is C20H31N3O3S. The minimum absolute atomic E-state index is 0.0575. The van der Waals surface area contributed by atoms with Gasteiger partial charge in [0.2, 0.25) is 15.9 Å². The van der Waals surface area contributed by atoms with E-state index >= 15 is 0 Å². The lowest BCUT2D eigenvalue weighted by Gasteiger charge is -2.33. The van der Waals surface area contributed by atoms with Crippen LogP contribution >= 0.6 is 0 Å². The van der Waals surface area contributed by atoms with E-state index in [0.717, 1.165) is 38.2 Å². The number of rotatable bonds is 4. The van der Waals surface area contributed by atoms with Crippen LogP contribution in [0.3, 0.4) is 0 Å². The average Bonchev–Trinajstić information content (AvgIpc) is 2.97. The zero-order valence-corrected chi connectivity index (χ0v) is 17.2. The second kappa shape index (κ2) is 8.71. The number of carbonyl (C=O) groups excluding carboxylic acids is 1. The summed E-state index contributed by atoms with van der Waals surface area (Å²) in [6, 6.07) is 7.18. The largest absolute Gasteiger partial charge is 0.341 e. The quantitative estimate of drug-likeness (QED) is 0.850. The summed E-state index contributed by atoms with van der Waals surface area (Å²) in [4.78, 5) is 15.1. The molecule has 1 aromatic carbocycles. The van der Waals surface area contributed by atoms with Gasteiger partial charge in [0, 0.05) is 38.6 Å². The predicted octanol–water partition coefficient (Wildman–Crippen LogP) is 2.03. The summed E-state index contributed by atoms with van der Waals surface area (Å²) in [5, 5.41) is 3.31. The standard InChI is InChI=1S/C20H31N3O3S/c1-16(2)17-4-6-19(7-5-17)27(25,26)23-13-8-18(9-14-23)20(24)22-12-3-10-21-11-15-22/h4-7,16,18,21H,3,8-15H2,1-2H3. The third-order valence-electron chi connectivity index (χ3n) is 5.64. The maximum Gasteiger partial charge on any atom is 0.243 e. The van der Waals surface area contributed by atoms with E-state index in [4.69, 9.17) is 0 Å². The van der Waals surface area contributed by atoms with Crippen LogP contribution in [0.25, 0.3) is 0 Å². The maximum atomic E-state index is 12.9. The number of piperidine rings is 1. The van der Waals surface area contributed by atoms with E-state index in [1.807, 2.05) is 17.0 Å². The minimum Gasteiger partial charge on any atom is -0.341 e. The van der Waals surface area contributed by atoms with Crippen LogP contribution in [-0.4, -0.2) is 62.8 Å². The number of nitrogens with zero attached hydrogens (tertiary/aromatic N) is 2. The van der Waals surface area contributed by atoms with Crippen LogP contribution in [0, 0.1) is 5.92 Å². The van der Waals surface area contributed by atoms with Gasteiger partial charge in [-0.2, -0.15) is 4.31 Å². The highest BCUT2D eigenvalue weighted by atomic mass is 32.2. The second-order valence-corrected chi connectivity index (χ2v) is 9.77. The average molecular weight is 394 g/mol. The molecule has 2 aliphatic heterocycles. The highest BCUT2D eigenvalue weighted by molar-refractivity contribution is 7.89. The molecule has 3 rings (SSSR count). The lowest BCUT2D eigenvalue weighted by Crippen LogP contribution is -2.45. The molecule has 2 aliphatic rings. The van der Waals surface area contributed by atoms with Gasteiger partial charge in [-0.3, -0.25) is 4.79 Å². The third kappa shape index (κ3) is 4.70. The summed E-state index contributed by atoms with van der Waals surface area (Å²) in [6.45, 7) is 8.35. The topological polar surface area (TPSA) is 69.7 Å². The Hall–Kier alpha value is -1.44. The van der Waals surface area contributed by atoms with Gasteiger partial charge in [-0.15, -0.1) is 0 Å². The van der Waals surface area contributed by atoms with Gasteiger partial charge >= 0.3 is 0 Å². The molecule has 0 radical (unpaired) electrons. The van der Waals surface area contributed by atoms with Crippen molar-refractivity contribution >= 4 is 15.9 Å². The van der Waals surface area contributed by atoms with Gasteiger partial charge in [-0.25, -0.2) is 8.42 Å². The normalized spacial score (nSPS) is 20.6. The van der Waals surface area contributed by atoms with E-state index in [1.54, 1.807) is 12.1 Å². The van der Waals surface area contributed by atoms with Crippen molar-refractivity contribution in [3.05, 3.63) is 29.8 Å². The Bertz CT molecular complexity index is 730. The van der Waals surface area contributed by atoms with E-state index < -0.39 is 10.0 Å². The molecule has 0 unspecified atom stereocenters.